The van der Waals surface area contributed by atoms with Crippen LogP contribution in [0.3, 0.4) is 0 Å². The van der Waals surface area contributed by atoms with Gasteiger partial charge in [-0.2, -0.15) is 0 Å². The highest BCUT2D eigenvalue weighted by atomic mass is 35.5. The molecule has 1 amide bonds. The number of rotatable bonds is 3. The zero-order chi connectivity index (χ0) is 18.8. The molecular weight excluding hydrogens is 425 g/mol. The summed E-state index contributed by atoms with van der Waals surface area (Å²) in [6.07, 6.45) is 1.05. The van der Waals surface area contributed by atoms with E-state index in [1.54, 1.807) is 6.92 Å². The predicted octanol–water partition coefficient (Wildman–Crippen LogP) is 4.16. The van der Waals surface area contributed by atoms with Crippen molar-refractivity contribution in [2.75, 3.05) is 33.2 Å². The van der Waals surface area contributed by atoms with Gasteiger partial charge in [-0.15, -0.1) is 24.8 Å². The second-order valence-corrected chi connectivity index (χ2v) is 8.63. The summed E-state index contributed by atoms with van der Waals surface area (Å²) in [4.78, 5) is 19.1. The fourth-order valence-electron chi connectivity index (χ4n) is 3.96. The number of benzene rings is 2. The molecule has 2 heterocycles. The van der Waals surface area contributed by atoms with E-state index < -0.39 is 0 Å². The lowest BCUT2D eigenvalue weighted by molar-refractivity contribution is -0.119. The molecular formula is C22H29Cl2N3OS. The zero-order valence-electron chi connectivity index (χ0n) is 16.9. The Bertz CT molecular complexity index is 841. The fourth-order valence-corrected chi connectivity index (χ4v) is 5.07. The summed E-state index contributed by atoms with van der Waals surface area (Å²) in [6.45, 7) is 6.60. The zero-order valence-corrected chi connectivity index (χ0v) is 19.3. The van der Waals surface area contributed by atoms with Gasteiger partial charge in [-0.05, 0) is 42.3 Å². The average Bonchev–Trinajstić information content (AvgIpc) is 2.83. The maximum Gasteiger partial charge on any atom is 0.217 e. The highest BCUT2D eigenvalue weighted by Crippen LogP contribution is 2.43. The number of fused-ring (bicyclic) bond motifs is 2. The van der Waals surface area contributed by atoms with E-state index in [4.69, 9.17) is 0 Å². The molecule has 0 spiro atoms. The van der Waals surface area contributed by atoms with Gasteiger partial charge in [-0.3, -0.25) is 9.69 Å². The third-order valence-corrected chi connectivity index (χ3v) is 6.77. The maximum absolute atomic E-state index is 11.3. The first-order chi connectivity index (χ1) is 13.1. The molecule has 0 radical (unpaired) electrons. The van der Waals surface area contributed by atoms with Crippen molar-refractivity contribution < 1.29 is 4.79 Å². The molecule has 1 saturated heterocycles. The largest absolute Gasteiger partial charge is 0.352 e. The first-order valence-corrected chi connectivity index (χ1v) is 10.5. The minimum Gasteiger partial charge on any atom is -0.352 e. The van der Waals surface area contributed by atoms with Crippen LogP contribution >= 0.6 is 36.6 Å². The molecule has 7 heteroatoms. The lowest BCUT2D eigenvalue weighted by Gasteiger charge is -2.38. The molecule has 4 nitrogen and oxygen atoms in total. The molecule has 4 rings (SSSR count). The molecule has 0 saturated carbocycles. The third-order valence-electron chi connectivity index (χ3n) is 5.56. The topological polar surface area (TPSA) is 35.6 Å². The van der Waals surface area contributed by atoms with E-state index in [1.165, 1.54) is 26.5 Å². The van der Waals surface area contributed by atoms with Crippen molar-refractivity contribution in [1.82, 2.24) is 15.1 Å². The van der Waals surface area contributed by atoms with Gasteiger partial charge >= 0.3 is 0 Å². The summed E-state index contributed by atoms with van der Waals surface area (Å²) in [5, 5.41) is 2.94. The van der Waals surface area contributed by atoms with Crippen LogP contribution in [0.1, 0.15) is 29.7 Å². The Morgan fingerprint density at radius 2 is 1.79 bits per heavy atom. The van der Waals surface area contributed by atoms with Gasteiger partial charge in [0.05, 0.1) is 0 Å². The quantitative estimate of drug-likeness (QED) is 0.756. The maximum atomic E-state index is 11.3. The molecule has 1 atom stereocenters. The summed E-state index contributed by atoms with van der Waals surface area (Å²) in [5.74, 6) is 0.0161. The summed E-state index contributed by atoms with van der Waals surface area (Å²) >= 11 is 1.88. The van der Waals surface area contributed by atoms with Gasteiger partial charge in [0.25, 0.3) is 0 Å². The van der Waals surface area contributed by atoms with Crippen molar-refractivity contribution in [2.24, 2.45) is 0 Å². The molecule has 2 aromatic rings. The average molecular weight is 454 g/mol. The Balaban J connectivity index is 0.00000150. The molecule has 2 aliphatic rings. The van der Waals surface area contributed by atoms with Crippen LogP contribution in [0.15, 0.2) is 52.3 Å². The first kappa shape index (κ1) is 24.0. The van der Waals surface area contributed by atoms with E-state index >= 15 is 0 Å². The number of hydrogen-bond acceptors (Lipinski definition) is 4. The van der Waals surface area contributed by atoms with Crippen molar-refractivity contribution in [2.45, 2.75) is 35.7 Å². The fraction of sp³-hybridized carbons (Fsp3) is 0.409. The third kappa shape index (κ3) is 5.68. The van der Waals surface area contributed by atoms with E-state index in [-0.39, 0.29) is 30.7 Å². The molecule has 29 heavy (non-hydrogen) atoms. The van der Waals surface area contributed by atoms with Gasteiger partial charge in [-0.25, -0.2) is 0 Å². The van der Waals surface area contributed by atoms with Crippen LogP contribution in [-0.2, 0) is 17.8 Å². The van der Waals surface area contributed by atoms with Gasteiger partial charge in [0, 0.05) is 55.5 Å². The number of nitrogens with one attached hydrogen (secondary N) is 1. The Labute approximate surface area is 190 Å². The number of halogens is 2. The summed E-state index contributed by atoms with van der Waals surface area (Å²) < 4.78 is 0. The number of amides is 1. The number of nitrogens with zero attached hydrogens (tertiary/aromatic N) is 2. The number of carbonyl (C=O) groups excluding carboxylic acids is 1. The van der Waals surface area contributed by atoms with Crippen LogP contribution in [-0.4, -0.2) is 48.9 Å². The monoisotopic (exact) mass is 453 g/mol. The summed E-state index contributed by atoms with van der Waals surface area (Å²) in [6, 6.07) is 15.9. The van der Waals surface area contributed by atoms with Gasteiger partial charge in [-0.1, -0.05) is 42.1 Å². The highest BCUT2D eigenvalue weighted by Gasteiger charge is 2.29. The second-order valence-electron chi connectivity index (χ2n) is 7.55. The standard InChI is InChI=1S/C22H27N3OS.2ClH/c1-16(26)23-15-17-7-8-22-19(13-17)20(25-11-9-24(2)10-12-25)14-18-5-3-4-6-21(18)27-22;;/h3-8,13,20H,9-12,14-15H2,1-2H3,(H,23,26);2*1H/t20-;;/m0../s1. The minimum atomic E-state index is 0. The Hall–Kier alpha value is -1.24. The molecule has 0 aromatic heterocycles. The number of likely N-dealkylation sites (N-methyl/N-ethyl adjacent to an activating group) is 1. The number of piperazine rings is 1. The van der Waals surface area contributed by atoms with E-state index in [9.17, 15) is 4.79 Å². The van der Waals surface area contributed by atoms with Crippen LogP contribution in [0.25, 0.3) is 0 Å². The molecule has 1 fully saturated rings. The number of carbonyl (C=O) groups is 1. The van der Waals surface area contributed by atoms with Gasteiger partial charge in [0.15, 0.2) is 0 Å². The van der Waals surface area contributed by atoms with Crippen LogP contribution < -0.4 is 5.32 Å². The summed E-state index contributed by atoms with van der Waals surface area (Å²) in [5.41, 5.74) is 4.02. The highest BCUT2D eigenvalue weighted by molar-refractivity contribution is 7.99. The predicted molar refractivity (Wildman–Crippen MR) is 125 cm³/mol. The van der Waals surface area contributed by atoms with E-state index in [0.29, 0.717) is 12.6 Å². The molecule has 158 valence electrons. The Morgan fingerprint density at radius 1 is 1.07 bits per heavy atom. The van der Waals surface area contributed by atoms with Crippen molar-refractivity contribution in [3.05, 3.63) is 59.2 Å². The van der Waals surface area contributed by atoms with Crippen LogP contribution in [0.5, 0.6) is 0 Å². The normalized spacial score (nSPS) is 19.0. The second kappa shape index (κ2) is 10.7. The molecule has 2 aliphatic heterocycles. The first-order valence-electron chi connectivity index (χ1n) is 9.66. The van der Waals surface area contributed by atoms with E-state index in [0.717, 1.165) is 32.6 Å². The molecule has 0 bridgehead atoms. The van der Waals surface area contributed by atoms with Crippen LogP contribution in [0, 0.1) is 0 Å². The van der Waals surface area contributed by atoms with Crippen molar-refractivity contribution in [3.63, 3.8) is 0 Å². The van der Waals surface area contributed by atoms with Crippen LogP contribution in [0.4, 0.5) is 0 Å². The molecule has 0 aliphatic carbocycles. The lowest BCUT2D eigenvalue weighted by atomic mass is 9.95. The molecule has 0 unspecified atom stereocenters. The van der Waals surface area contributed by atoms with Crippen LogP contribution in [0.2, 0.25) is 0 Å². The van der Waals surface area contributed by atoms with Crippen molar-refractivity contribution in [3.8, 4) is 0 Å². The van der Waals surface area contributed by atoms with E-state index in [2.05, 4.69) is 64.6 Å². The molecule has 1 N–H and O–H groups in total. The summed E-state index contributed by atoms with van der Waals surface area (Å²) in [7, 11) is 2.20. The lowest BCUT2D eigenvalue weighted by Crippen LogP contribution is -2.46. The minimum absolute atomic E-state index is 0. The SMILES string of the molecule is CC(=O)NCc1ccc2c(c1)[C@@H](N1CCN(C)CC1)Cc1ccccc1S2.Cl.Cl. The Morgan fingerprint density at radius 3 is 2.52 bits per heavy atom. The van der Waals surface area contributed by atoms with Gasteiger partial charge < -0.3 is 10.2 Å². The van der Waals surface area contributed by atoms with Crippen molar-refractivity contribution >= 4 is 42.5 Å². The van der Waals surface area contributed by atoms with Gasteiger partial charge in [0.2, 0.25) is 5.91 Å². The Kier molecular flexibility index (Phi) is 8.86. The van der Waals surface area contributed by atoms with E-state index in [1.807, 2.05) is 11.8 Å². The number of hydrogen-bond donors (Lipinski definition) is 1. The van der Waals surface area contributed by atoms with Gasteiger partial charge in [0.1, 0.15) is 0 Å². The van der Waals surface area contributed by atoms with Crippen molar-refractivity contribution in [1.29, 1.82) is 0 Å². The molecule has 2 aromatic carbocycles. The smallest absolute Gasteiger partial charge is 0.217 e.